The zero-order chi connectivity index (χ0) is 13.5. The summed E-state index contributed by atoms with van der Waals surface area (Å²) < 4.78 is 5.41. The van der Waals surface area contributed by atoms with E-state index in [1.54, 1.807) is 0 Å². The number of aliphatic carboxylic acids is 1. The van der Waals surface area contributed by atoms with Crippen molar-refractivity contribution in [1.29, 1.82) is 0 Å². The van der Waals surface area contributed by atoms with Crippen LogP contribution in [0.1, 0.15) is 38.2 Å². The number of ether oxygens (including phenoxy) is 1. The molecular formula is C14H21NO3. The average Bonchev–Trinajstić information content (AvgIpc) is 2.38. The van der Waals surface area contributed by atoms with Crippen molar-refractivity contribution in [3.05, 3.63) is 29.8 Å². The topological polar surface area (TPSA) is 72.5 Å². The van der Waals surface area contributed by atoms with Crippen LogP contribution in [0, 0.1) is 0 Å². The van der Waals surface area contributed by atoms with E-state index in [0.717, 1.165) is 6.42 Å². The molecule has 3 N–H and O–H groups in total. The first kappa shape index (κ1) is 14.5. The van der Waals surface area contributed by atoms with Crippen LogP contribution in [-0.2, 0) is 4.79 Å². The summed E-state index contributed by atoms with van der Waals surface area (Å²) in [5.41, 5.74) is 6.59. The van der Waals surface area contributed by atoms with Crippen LogP contribution in [0.4, 0.5) is 0 Å². The molecule has 0 heterocycles. The molecule has 0 aliphatic rings. The molecule has 0 aliphatic carbocycles. The van der Waals surface area contributed by atoms with Crippen LogP contribution in [-0.4, -0.2) is 23.7 Å². The Kier molecular flexibility index (Phi) is 5.65. The highest BCUT2D eigenvalue weighted by Crippen LogP contribution is 2.22. The Balaban J connectivity index is 2.70. The number of nitrogens with two attached hydrogens (primary N) is 1. The Morgan fingerprint density at radius 1 is 1.39 bits per heavy atom. The van der Waals surface area contributed by atoms with E-state index in [1.165, 1.54) is 5.56 Å². The van der Waals surface area contributed by atoms with Crippen molar-refractivity contribution in [1.82, 2.24) is 0 Å². The number of rotatable bonds is 7. The number of hydrogen-bond donors (Lipinski definition) is 2. The van der Waals surface area contributed by atoms with Crippen LogP contribution in [0.2, 0.25) is 0 Å². The number of carbonyl (C=O) groups is 1. The van der Waals surface area contributed by atoms with Gasteiger partial charge in [0.05, 0.1) is 0 Å². The first-order chi connectivity index (χ1) is 8.58. The lowest BCUT2D eigenvalue weighted by Crippen LogP contribution is -2.29. The van der Waals surface area contributed by atoms with Gasteiger partial charge in [-0.05, 0) is 36.6 Å². The molecule has 2 unspecified atom stereocenters. The lowest BCUT2D eigenvalue weighted by Gasteiger charge is -2.15. The van der Waals surface area contributed by atoms with Gasteiger partial charge in [0.1, 0.15) is 5.75 Å². The standard InChI is InChI=1S/C14H21NO3/c1-3-10(2)11-4-6-12(7-5-11)18-13(8-9-15)14(16)17/h4-7,10,13H,3,8-9,15H2,1-2H3,(H,16,17). The average molecular weight is 251 g/mol. The largest absolute Gasteiger partial charge is 0.479 e. The van der Waals surface area contributed by atoms with Crippen LogP contribution in [0.25, 0.3) is 0 Å². The summed E-state index contributed by atoms with van der Waals surface area (Å²) in [6.45, 7) is 4.59. The van der Waals surface area contributed by atoms with Crippen molar-refractivity contribution < 1.29 is 14.6 Å². The minimum atomic E-state index is -0.980. The second-order valence-electron chi connectivity index (χ2n) is 4.40. The van der Waals surface area contributed by atoms with Crippen LogP contribution < -0.4 is 10.5 Å². The Morgan fingerprint density at radius 3 is 2.44 bits per heavy atom. The highest BCUT2D eigenvalue weighted by Gasteiger charge is 2.18. The van der Waals surface area contributed by atoms with E-state index >= 15 is 0 Å². The van der Waals surface area contributed by atoms with Crippen molar-refractivity contribution in [3.8, 4) is 5.75 Å². The maximum absolute atomic E-state index is 10.9. The van der Waals surface area contributed by atoms with Crippen molar-refractivity contribution in [2.45, 2.75) is 38.7 Å². The molecule has 0 spiro atoms. The molecule has 1 aromatic rings. The fourth-order valence-corrected chi connectivity index (χ4v) is 1.66. The van der Waals surface area contributed by atoms with Crippen molar-refractivity contribution in [2.24, 2.45) is 5.73 Å². The molecule has 100 valence electrons. The third-order valence-electron chi connectivity index (χ3n) is 3.04. The van der Waals surface area contributed by atoms with Gasteiger partial charge in [0, 0.05) is 6.42 Å². The summed E-state index contributed by atoms with van der Waals surface area (Å²) in [4.78, 5) is 10.9. The van der Waals surface area contributed by atoms with Crippen molar-refractivity contribution in [2.75, 3.05) is 6.54 Å². The van der Waals surface area contributed by atoms with Gasteiger partial charge in [0.2, 0.25) is 0 Å². The number of carboxylic acids is 1. The molecular weight excluding hydrogens is 230 g/mol. The van der Waals surface area contributed by atoms with Gasteiger partial charge in [0.25, 0.3) is 0 Å². The molecule has 18 heavy (non-hydrogen) atoms. The zero-order valence-corrected chi connectivity index (χ0v) is 10.9. The van der Waals surface area contributed by atoms with E-state index in [-0.39, 0.29) is 0 Å². The van der Waals surface area contributed by atoms with Crippen molar-refractivity contribution >= 4 is 5.97 Å². The van der Waals surface area contributed by atoms with E-state index in [2.05, 4.69) is 13.8 Å². The van der Waals surface area contributed by atoms with Gasteiger partial charge in [-0.3, -0.25) is 0 Å². The lowest BCUT2D eigenvalue weighted by molar-refractivity contribution is -0.145. The summed E-state index contributed by atoms with van der Waals surface area (Å²) in [6, 6.07) is 7.58. The van der Waals surface area contributed by atoms with E-state index < -0.39 is 12.1 Å². The summed E-state index contributed by atoms with van der Waals surface area (Å²) in [7, 11) is 0. The summed E-state index contributed by atoms with van der Waals surface area (Å²) in [5.74, 6) is 0.0905. The van der Waals surface area contributed by atoms with Gasteiger partial charge in [0.15, 0.2) is 6.10 Å². The van der Waals surface area contributed by atoms with E-state index in [9.17, 15) is 4.79 Å². The molecule has 0 radical (unpaired) electrons. The summed E-state index contributed by atoms with van der Waals surface area (Å²) >= 11 is 0. The quantitative estimate of drug-likeness (QED) is 0.780. The molecule has 1 rings (SSSR count). The molecule has 4 nitrogen and oxygen atoms in total. The second-order valence-corrected chi connectivity index (χ2v) is 4.40. The van der Waals surface area contributed by atoms with Gasteiger partial charge in [-0.15, -0.1) is 0 Å². The van der Waals surface area contributed by atoms with Crippen LogP contribution in [0.15, 0.2) is 24.3 Å². The molecule has 0 aliphatic heterocycles. The van der Waals surface area contributed by atoms with Gasteiger partial charge >= 0.3 is 5.97 Å². The Bertz CT molecular complexity index is 375. The summed E-state index contributed by atoms with van der Waals surface area (Å²) in [6.07, 6.45) is 0.512. The van der Waals surface area contributed by atoms with Gasteiger partial charge in [-0.25, -0.2) is 4.79 Å². The van der Waals surface area contributed by atoms with Gasteiger partial charge < -0.3 is 15.6 Å². The number of carboxylic acid groups (broad SMARTS) is 1. The molecule has 0 saturated heterocycles. The molecule has 1 aromatic carbocycles. The maximum atomic E-state index is 10.9. The third kappa shape index (κ3) is 4.04. The highest BCUT2D eigenvalue weighted by molar-refractivity contribution is 5.72. The third-order valence-corrected chi connectivity index (χ3v) is 3.04. The molecule has 0 amide bonds. The fourth-order valence-electron chi connectivity index (χ4n) is 1.66. The lowest BCUT2D eigenvalue weighted by atomic mass is 9.99. The predicted molar refractivity (Wildman–Crippen MR) is 70.9 cm³/mol. The zero-order valence-electron chi connectivity index (χ0n) is 10.9. The Hall–Kier alpha value is -1.55. The maximum Gasteiger partial charge on any atom is 0.344 e. The van der Waals surface area contributed by atoms with E-state index in [1.807, 2.05) is 24.3 Å². The van der Waals surface area contributed by atoms with E-state index in [0.29, 0.717) is 24.6 Å². The monoisotopic (exact) mass is 251 g/mol. The summed E-state index contributed by atoms with van der Waals surface area (Å²) in [5, 5.41) is 8.97. The molecule has 0 fully saturated rings. The minimum absolute atomic E-state index is 0.294. The number of benzene rings is 1. The smallest absolute Gasteiger partial charge is 0.344 e. The van der Waals surface area contributed by atoms with Crippen LogP contribution in [0.3, 0.4) is 0 Å². The minimum Gasteiger partial charge on any atom is -0.479 e. The van der Waals surface area contributed by atoms with Crippen molar-refractivity contribution in [3.63, 3.8) is 0 Å². The number of hydrogen-bond acceptors (Lipinski definition) is 3. The van der Waals surface area contributed by atoms with Crippen LogP contribution >= 0.6 is 0 Å². The predicted octanol–water partition coefficient (Wildman–Crippen LogP) is 2.38. The highest BCUT2D eigenvalue weighted by atomic mass is 16.5. The molecule has 2 atom stereocenters. The van der Waals surface area contributed by atoms with Gasteiger partial charge in [-0.2, -0.15) is 0 Å². The molecule has 0 saturated carbocycles. The molecule has 0 bridgehead atoms. The molecule has 0 aromatic heterocycles. The molecule has 4 heteroatoms. The van der Waals surface area contributed by atoms with Gasteiger partial charge in [-0.1, -0.05) is 26.0 Å². The van der Waals surface area contributed by atoms with Crippen LogP contribution in [0.5, 0.6) is 5.75 Å². The Labute approximate surface area is 108 Å². The second kappa shape index (κ2) is 7.01. The first-order valence-electron chi connectivity index (χ1n) is 6.28. The normalized spacial score (nSPS) is 13.9. The fraction of sp³-hybridized carbons (Fsp3) is 0.500. The SMILES string of the molecule is CCC(C)c1ccc(OC(CCN)C(=O)O)cc1. The Morgan fingerprint density at radius 2 is 2.00 bits per heavy atom. The first-order valence-corrected chi connectivity index (χ1v) is 6.28. The van der Waals surface area contributed by atoms with E-state index in [4.69, 9.17) is 15.6 Å².